The third-order valence-corrected chi connectivity index (χ3v) is 9.07. The van der Waals surface area contributed by atoms with Crippen LogP contribution in [0.2, 0.25) is 0 Å². The first-order chi connectivity index (χ1) is 21.3. The lowest BCUT2D eigenvalue weighted by Gasteiger charge is -2.14. The molecule has 258 valence electrons. The number of hydrogen-bond acceptors (Lipinski definition) is 3. The van der Waals surface area contributed by atoms with Gasteiger partial charge in [-0.2, -0.15) is 0 Å². The fraction of sp³-hybridized carbons (Fsp3) is 0.975. The van der Waals surface area contributed by atoms with E-state index in [9.17, 15) is 0 Å². The zero-order chi connectivity index (χ0) is 31.2. The molecule has 0 radical (unpaired) electrons. The topological polar surface area (TPSA) is 30.8 Å². The van der Waals surface area contributed by atoms with Crippen LogP contribution in [-0.2, 0) is 9.47 Å². The van der Waals surface area contributed by atoms with Crippen molar-refractivity contribution in [1.82, 2.24) is 0 Å². The van der Waals surface area contributed by atoms with Crippen LogP contribution in [0, 0.1) is 0 Å². The van der Waals surface area contributed by atoms with E-state index in [1.807, 2.05) is 13.3 Å². The lowest BCUT2D eigenvalue weighted by atomic mass is 10.0. The molecular weight excluding hydrogens is 526 g/mol. The number of hydrogen-bond donors (Lipinski definition) is 0. The predicted octanol–water partition coefficient (Wildman–Crippen LogP) is 13.6. The molecule has 0 aliphatic rings. The van der Waals surface area contributed by atoms with Crippen LogP contribution < -0.4 is 0 Å². The average Bonchev–Trinajstić information content (AvgIpc) is 3.01. The fourth-order valence-corrected chi connectivity index (χ4v) is 6.14. The van der Waals surface area contributed by atoms with Crippen molar-refractivity contribution in [3.63, 3.8) is 0 Å². The Morgan fingerprint density at radius 2 is 0.674 bits per heavy atom. The smallest absolute Gasteiger partial charge is 0.115 e. The van der Waals surface area contributed by atoms with Gasteiger partial charge in [-0.1, -0.05) is 206 Å². The Kier molecular flexibility index (Phi) is 39.2. The van der Waals surface area contributed by atoms with E-state index in [-0.39, 0.29) is 6.10 Å². The molecule has 3 nitrogen and oxygen atoms in total. The zero-order valence-corrected chi connectivity index (χ0v) is 30.2. The first kappa shape index (κ1) is 42.6. The Morgan fingerprint density at radius 1 is 0.395 bits per heavy atom. The molecular formula is C40H81NO2. The fourth-order valence-electron chi connectivity index (χ4n) is 6.14. The number of unbranched alkanes of at least 4 members (excludes halogenated alkanes) is 30. The largest absolute Gasteiger partial charge is 0.378 e. The van der Waals surface area contributed by atoms with Gasteiger partial charge in [-0.25, -0.2) is 0 Å². The Balaban J connectivity index is 3.35. The summed E-state index contributed by atoms with van der Waals surface area (Å²) in [6, 6.07) is 0. The minimum Gasteiger partial charge on any atom is -0.378 e. The number of rotatable bonds is 38. The van der Waals surface area contributed by atoms with E-state index in [1.54, 1.807) is 0 Å². The highest BCUT2D eigenvalue weighted by Gasteiger charge is 2.06. The van der Waals surface area contributed by atoms with Crippen molar-refractivity contribution in [2.45, 2.75) is 225 Å². The van der Waals surface area contributed by atoms with Crippen LogP contribution in [0.15, 0.2) is 4.99 Å². The van der Waals surface area contributed by atoms with E-state index in [4.69, 9.17) is 9.47 Å². The van der Waals surface area contributed by atoms with Crippen LogP contribution in [0.5, 0.6) is 0 Å². The number of ether oxygens (including phenoxy) is 2. The Hall–Kier alpha value is -0.410. The first-order valence-corrected chi connectivity index (χ1v) is 20.0. The van der Waals surface area contributed by atoms with Crippen molar-refractivity contribution in [2.75, 3.05) is 26.9 Å². The molecule has 0 spiro atoms. The van der Waals surface area contributed by atoms with Gasteiger partial charge in [0.2, 0.25) is 0 Å². The molecule has 0 bridgehead atoms. The summed E-state index contributed by atoms with van der Waals surface area (Å²) in [6.07, 6.45) is 46.9. The second kappa shape index (κ2) is 39.6. The van der Waals surface area contributed by atoms with Crippen molar-refractivity contribution in [1.29, 1.82) is 0 Å². The summed E-state index contributed by atoms with van der Waals surface area (Å²) in [4.78, 5) is 4.20. The minimum atomic E-state index is 0.0161. The van der Waals surface area contributed by atoms with Crippen LogP contribution in [-0.4, -0.2) is 39.2 Å². The summed E-state index contributed by atoms with van der Waals surface area (Å²) in [5.74, 6) is 0. The summed E-state index contributed by atoms with van der Waals surface area (Å²) >= 11 is 0. The molecule has 0 heterocycles. The summed E-state index contributed by atoms with van der Waals surface area (Å²) in [5.41, 5.74) is 0. The summed E-state index contributed by atoms with van der Waals surface area (Å²) < 4.78 is 12.0. The molecule has 0 fully saturated rings. The Bertz CT molecular complexity index is 509. The molecule has 0 aromatic carbocycles. The van der Waals surface area contributed by atoms with Crippen LogP contribution in [0.4, 0.5) is 0 Å². The predicted molar refractivity (Wildman–Crippen MR) is 194 cm³/mol. The molecule has 0 N–H and O–H groups in total. The van der Waals surface area contributed by atoms with Crippen LogP contribution in [0.3, 0.4) is 0 Å². The van der Waals surface area contributed by atoms with Gasteiger partial charge in [0.25, 0.3) is 0 Å². The van der Waals surface area contributed by atoms with Gasteiger partial charge in [0.15, 0.2) is 0 Å². The molecule has 0 aliphatic heterocycles. The zero-order valence-electron chi connectivity index (χ0n) is 30.2. The van der Waals surface area contributed by atoms with Gasteiger partial charge < -0.3 is 9.47 Å². The third-order valence-electron chi connectivity index (χ3n) is 9.07. The third kappa shape index (κ3) is 37.7. The Labute approximate surface area is 272 Å². The first-order valence-electron chi connectivity index (χ1n) is 20.0. The van der Waals surface area contributed by atoms with E-state index in [0.29, 0.717) is 6.61 Å². The SMILES string of the molecule is CCCCCCCCCCCCCCCCCCOC[C@H](C=NC)OCCCCCCCCCCCCCCCCCC. The lowest BCUT2D eigenvalue weighted by molar-refractivity contribution is 0.0176. The normalized spacial score (nSPS) is 12.5. The van der Waals surface area contributed by atoms with E-state index in [0.717, 1.165) is 19.6 Å². The molecule has 1 atom stereocenters. The van der Waals surface area contributed by atoms with Gasteiger partial charge in [0, 0.05) is 26.5 Å². The van der Waals surface area contributed by atoms with Crippen molar-refractivity contribution in [3.05, 3.63) is 0 Å². The van der Waals surface area contributed by atoms with Gasteiger partial charge >= 0.3 is 0 Å². The molecule has 0 saturated carbocycles. The maximum Gasteiger partial charge on any atom is 0.115 e. The molecule has 0 rings (SSSR count). The van der Waals surface area contributed by atoms with Gasteiger partial charge in [-0.05, 0) is 12.8 Å². The van der Waals surface area contributed by atoms with Crippen LogP contribution in [0.1, 0.15) is 219 Å². The minimum absolute atomic E-state index is 0.0161. The Morgan fingerprint density at radius 3 is 0.977 bits per heavy atom. The molecule has 0 aromatic rings. The summed E-state index contributed by atoms with van der Waals surface area (Å²) in [6.45, 7) is 6.93. The van der Waals surface area contributed by atoms with E-state index < -0.39 is 0 Å². The summed E-state index contributed by atoms with van der Waals surface area (Å²) in [7, 11) is 1.83. The van der Waals surface area contributed by atoms with E-state index in [1.165, 1.54) is 199 Å². The quantitative estimate of drug-likeness (QED) is 0.0516. The highest BCUT2D eigenvalue weighted by Crippen LogP contribution is 2.15. The van der Waals surface area contributed by atoms with Crippen molar-refractivity contribution < 1.29 is 9.47 Å². The maximum absolute atomic E-state index is 6.06. The molecule has 0 aromatic heterocycles. The molecule has 3 heteroatoms. The second-order valence-corrected chi connectivity index (χ2v) is 13.5. The number of aliphatic imine (C=N–C) groups is 1. The molecule has 0 amide bonds. The standard InChI is InChI=1S/C40H81NO2/c1-4-6-8-10-12-14-16-18-20-22-24-26-28-30-32-34-36-42-39-40(38-41-3)43-37-35-33-31-29-27-25-23-21-19-17-15-13-11-9-7-5-2/h38,40H,4-37,39H2,1-3H3/t40-/m0/s1. The number of nitrogens with zero attached hydrogens (tertiary/aromatic N) is 1. The molecule has 0 unspecified atom stereocenters. The van der Waals surface area contributed by atoms with Crippen molar-refractivity contribution in [2.24, 2.45) is 4.99 Å². The van der Waals surface area contributed by atoms with Crippen molar-refractivity contribution in [3.8, 4) is 0 Å². The monoisotopic (exact) mass is 608 g/mol. The molecule has 0 aliphatic carbocycles. The van der Waals surface area contributed by atoms with Crippen LogP contribution >= 0.6 is 0 Å². The van der Waals surface area contributed by atoms with Crippen LogP contribution in [0.25, 0.3) is 0 Å². The van der Waals surface area contributed by atoms with Gasteiger partial charge in [-0.15, -0.1) is 0 Å². The maximum atomic E-state index is 6.06. The van der Waals surface area contributed by atoms with Gasteiger partial charge in [-0.3, -0.25) is 4.99 Å². The van der Waals surface area contributed by atoms with Gasteiger partial charge in [0.05, 0.1) is 6.61 Å². The second-order valence-electron chi connectivity index (χ2n) is 13.5. The highest BCUT2D eigenvalue weighted by atomic mass is 16.5. The van der Waals surface area contributed by atoms with Gasteiger partial charge in [0.1, 0.15) is 6.10 Å². The molecule has 43 heavy (non-hydrogen) atoms. The van der Waals surface area contributed by atoms with E-state index >= 15 is 0 Å². The highest BCUT2D eigenvalue weighted by molar-refractivity contribution is 5.62. The molecule has 0 saturated heterocycles. The lowest BCUT2D eigenvalue weighted by Crippen LogP contribution is -2.22. The average molecular weight is 608 g/mol. The summed E-state index contributed by atoms with van der Waals surface area (Å²) in [5, 5.41) is 0. The van der Waals surface area contributed by atoms with Crippen molar-refractivity contribution >= 4 is 6.21 Å². The van der Waals surface area contributed by atoms with E-state index in [2.05, 4.69) is 18.8 Å².